The summed E-state index contributed by atoms with van der Waals surface area (Å²) in [4.78, 5) is 23.5. The van der Waals surface area contributed by atoms with E-state index in [4.69, 9.17) is 9.57 Å². The van der Waals surface area contributed by atoms with Gasteiger partial charge in [-0.15, -0.1) is 0 Å². The molecule has 1 aliphatic heterocycles. The first-order valence-corrected chi connectivity index (χ1v) is 11.5. The Balaban J connectivity index is 1.49. The number of aromatic amines is 1. The number of H-pyrrole nitrogens is 1. The van der Waals surface area contributed by atoms with Crippen molar-refractivity contribution < 1.29 is 14.4 Å². The van der Waals surface area contributed by atoms with Gasteiger partial charge in [-0.05, 0) is 48.7 Å². The molecule has 0 aliphatic carbocycles. The number of morpholine rings is 1. The summed E-state index contributed by atoms with van der Waals surface area (Å²) in [6.45, 7) is 13.1. The number of allylic oxidation sites excluding steroid dienone is 3. The normalized spacial score (nSPS) is 15.3. The van der Waals surface area contributed by atoms with Crippen LogP contribution in [0, 0.1) is 0 Å². The minimum absolute atomic E-state index is 0.116. The molecule has 7 nitrogen and oxygen atoms in total. The molecule has 7 heteroatoms. The molecular weight excluding hydrogens is 416 g/mol. The van der Waals surface area contributed by atoms with Crippen LogP contribution < -0.4 is 5.32 Å². The van der Waals surface area contributed by atoms with Gasteiger partial charge in [0.05, 0.1) is 18.9 Å². The van der Waals surface area contributed by atoms with Crippen LogP contribution in [0.4, 0.5) is 0 Å². The maximum atomic E-state index is 12.5. The van der Waals surface area contributed by atoms with Gasteiger partial charge in [0.2, 0.25) is 0 Å². The van der Waals surface area contributed by atoms with Gasteiger partial charge in [-0.2, -0.15) is 0 Å². The average molecular weight is 451 g/mol. The Morgan fingerprint density at radius 2 is 2.03 bits per heavy atom. The highest BCUT2D eigenvalue weighted by atomic mass is 16.6. The topological polar surface area (TPSA) is 78.9 Å². The molecule has 0 atom stereocenters. The van der Waals surface area contributed by atoms with E-state index in [0.29, 0.717) is 24.4 Å². The zero-order chi connectivity index (χ0) is 23.5. The van der Waals surface area contributed by atoms with Crippen LogP contribution in [0.3, 0.4) is 0 Å². The molecule has 1 aliphatic rings. The molecule has 0 bridgehead atoms. The summed E-state index contributed by atoms with van der Waals surface area (Å²) in [6, 6.07) is 11.7. The van der Waals surface area contributed by atoms with Gasteiger partial charge < -0.3 is 19.9 Å². The summed E-state index contributed by atoms with van der Waals surface area (Å²) < 4.78 is 5.36. The first kappa shape index (κ1) is 24.5. The minimum atomic E-state index is -0.116. The third-order valence-corrected chi connectivity index (χ3v) is 5.51. The molecule has 2 heterocycles. The lowest BCUT2D eigenvalue weighted by Gasteiger charge is -2.26. The number of aromatic nitrogens is 1. The van der Waals surface area contributed by atoms with Crippen molar-refractivity contribution in [3.8, 4) is 0 Å². The number of benzene rings is 1. The van der Waals surface area contributed by atoms with E-state index in [9.17, 15) is 4.79 Å². The third-order valence-electron chi connectivity index (χ3n) is 5.51. The molecule has 0 radical (unpaired) electrons. The summed E-state index contributed by atoms with van der Waals surface area (Å²) in [5.74, 6) is 0.584. The number of nitrogens with zero attached hydrogens (tertiary/aromatic N) is 2. The van der Waals surface area contributed by atoms with E-state index in [1.807, 2.05) is 56.3 Å². The molecule has 1 saturated heterocycles. The number of hydrogen-bond acceptors (Lipinski definition) is 5. The summed E-state index contributed by atoms with van der Waals surface area (Å²) in [6.07, 6.45) is 5.22. The Morgan fingerprint density at radius 1 is 1.27 bits per heavy atom. The molecule has 2 aromatic rings. The summed E-state index contributed by atoms with van der Waals surface area (Å²) in [7, 11) is 0. The van der Waals surface area contributed by atoms with Crippen molar-refractivity contribution in [2.45, 2.75) is 26.7 Å². The quantitative estimate of drug-likeness (QED) is 0.177. The largest absolute Gasteiger partial charge is 0.379 e. The predicted molar refractivity (Wildman–Crippen MR) is 132 cm³/mol. The third kappa shape index (κ3) is 7.73. The van der Waals surface area contributed by atoms with Gasteiger partial charge in [-0.3, -0.25) is 9.69 Å². The van der Waals surface area contributed by atoms with E-state index in [1.54, 1.807) is 6.20 Å². The highest BCUT2D eigenvalue weighted by Crippen LogP contribution is 2.19. The lowest BCUT2D eigenvalue weighted by molar-refractivity contribution is 0.0374. The van der Waals surface area contributed by atoms with E-state index < -0.39 is 0 Å². The van der Waals surface area contributed by atoms with Crippen molar-refractivity contribution in [1.82, 2.24) is 15.2 Å². The number of carbonyl (C=O) groups excluding carboxylic acids is 1. The zero-order valence-electron chi connectivity index (χ0n) is 19.6. The number of ether oxygens (including phenoxy) is 1. The molecule has 0 unspecified atom stereocenters. The van der Waals surface area contributed by atoms with Crippen molar-refractivity contribution in [3.63, 3.8) is 0 Å². The molecule has 1 aromatic heterocycles. The molecule has 0 spiro atoms. The number of carbonyl (C=O) groups is 1. The van der Waals surface area contributed by atoms with Crippen LogP contribution in [0.2, 0.25) is 0 Å². The SMILES string of the molecule is C=C(/C=C(\CC)O/N=C(\C)c1ccccc1)c1c[nH]c(C(=O)NCCCN2CCOCC2)c1. The number of nitrogens with one attached hydrogen (secondary N) is 2. The van der Waals surface area contributed by atoms with Crippen molar-refractivity contribution >= 4 is 17.2 Å². The van der Waals surface area contributed by atoms with Crippen LogP contribution >= 0.6 is 0 Å². The fourth-order valence-electron chi connectivity index (χ4n) is 3.47. The second kappa shape index (κ2) is 12.8. The Kier molecular flexibility index (Phi) is 9.47. The van der Waals surface area contributed by atoms with Crippen molar-refractivity contribution in [2.24, 2.45) is 5.16 Å². The van der Waals surface area contributed by atoms with E-state index in [0.717, 1.165) is 61.7 Å². The van der Waals surface area contributed by atoms with Crippen LogP contribution in [0.5, 0.6) is 0 Å². The Bertz CT molecular complexity index is 972. The molecule has 0 saturated carbocycles. The summed E-state index contributed by atoms with van der Waals surface area (Å²) >= 11 is 0. The lowest BCUT2D eigenvalue weighted by atomic mass is 10.1. The van der Waals surface area contributed by atoms with Gasteiger partial charge in [-0.1, -0.05) is 49.0 Å². The standard InChI is InChI=1S/C26H34N4O3/c1-4-24(33-29-21(3)22-9-6-5-7-10-22)17-20(2)23-18-25(28-19-23)26(31)27-11-8-12-30-13-15-32-16-14-30/h5-7,9-10,17-19,28H,2,4,8,11-16H2,1,3H3,(H,27,31)/b24-17+,29-21+. The van der Waals surface area contributed by atoms with Gasteiger partial charge in [-0.25, -0.2) is 0 Å². The maximum Gasteiger partial charge on any atom is 0.267 e. The van der Waals surface area contributed by atoms with Gasteiger partial charge >= 0.3 is 0 Å². The monoisotopic (exact) mass is 450 g/mol. The number of oxime groups is 1. The molecule has 1 aromatic carbocycles. The van der Waals surface area contributed by atoms with Gasteiger partial charge in [0.1, 0.15) is 11.5 Å². The molecule has 3 rings (SSSR count). The highest BCUT2D eigenvalue weighted by molar-refractivity contribution is 5.98. The van der Waals surface area contributed by atoms with Crippen LogP contribution in [0.25, 0.3) is 5.57 Å². The number of hydrogen-bond donors (Lipinski definition) is 2. The first-order valence-electron chi connectivity index (χ1n) is 11.5. The fraction of sp³-hybridized carbons (Fsp3) is 0.385. The van der Waals surface area contributed by atoms with Crippen LogP contribution in [-0.4, -0.2) is 60.9 Å². The second-order valence-electron chi connectivity index (χ2n) is 7.99. The van der Waals surface area contributed by atoms with Crippen molar-refractivity contribution in [1.29, 1.82) is 0 Å². The summed E-state index contributed by atoms with van der Waals surface area (Å²) in [5, 5.41) is 7.22. The maximum absolute atomic E-state index is 12.5. The van der Waals surface area contributed by atoms with Gasteiger partial charge in [0.25, 0.3) is 5.91 Å². The number of amides is 1. The fourth-order valence-corrected chi connectivity index (χ4v) is 3.47. The van der Waals surface area contributed by atoms with E-state index in [2.05, 4.69) is 26.9 Å². The molecule has 1 fully saturated rings. The molecular formula is C26H34N4O3. The minimum Gasteiger partial charge on any atom is -0.379 e. The Morgan fingerprint density at radius 3 is 2.76 bits per heavy atom. The van der Waals surface area contributed by atoms with E-state index >= 15 is 0 Å². The van der Waals surface area contributed by atoms with Crippen LogP contribution in [-0.2, 0) is 9.57 Å². The van der Waals surface area contributed by atoms with E-state index in [1.165, 1.54) is 0 Å². The first-order chi connectivity index (χ1) is 16.1. The van der Waals surface area contributed by atoms with E-state index in [-0.39, 0.29) is 5.91 Å². The predicted octanol–water partition coefficient (Wildman–Crippen LogP) is 4.21. The van der Waals surface area contributed by atoms with Crippen LogP contribution in [0.1, 0.15) is 48.3 Å². The summed E-state index contributed by atoms with van der Waals surface area (Å²) in [5.41, 5.74) is 3.92. The Labute approximate surface area is 196 Å². The zero-order valence-corrected chi connectivity index (χ0v) is 19.6. The second-order valence-corrected chi connectivity index (χ2v) is 7.99. The molecule has 2 N–H and O–H groups in total. The van der Waals surface area contributed by atoms with Crippen molar-refractivity contribution in [2.75, 3.05) is 39.4 Å². The van der Waals surface area contributed by atoms with Gasteiger partial charge in [0, 0.05) is 32.3 Å². The average Bonchev–Trinajstić information content (AvgIpc) is 3.36. The Hall–Kier alpha value is -3.16. The molecule has 33 heavy (non-hydrogen) atoms. The lowest BCUT2D eigenvalue weighted by Crippen LogP contribution is -2.38. The molecule has 1 amide bonds. The van der Waals surface area contributed by atoms with Crippen molar-refractivity contribution in [3.05, 3.63) is 77.8 Å². The van der Waals surface area contributed by atoms with Gasteiger partial charge in [0.15, 0.2) is 0 Å². The molecule has 176 valence electrons. The van der Waals surface area contributed by atoms with Crippen LogP contribution in [0.15, 0.2) is 66.2 Å². The number of rotatable bonds is 11. The smallest absolute Gasteiger partial charge is 0.267 e. The highest BCUT2D eigenvalue weighted by Gasteiger charge is 2.12.